The van der Waals surface area contributed by atoms with E-state index in [1.807, 2.05) is 115 Å². The zero-order valence-electron chi connectivity index (χ0n) is 75.1. The Morgan fingerprint density at radius 1 is 0.371 bits per heavy atom. The molecule has 0 atom stereocenters. The first-order chi connectivity index (χ1) is 68.0. The second-order valence-corrected chi connectivity index (χ2v) is 38.0. The Morgan fingerprint density at radius 3 is 0.993 bits per heavy atom. The molecule has 0 fully saturated rings. The predicted molar refractivity (Wildman–Crippen MR) is 536 cm³/mol. The largest absolute Gasteiger partial charge is 0.376 e. The minimum atomic E-state index is -0.526. The second kappa shape index (κ2) is 37.5. The Kier molecular flexibility index (Phi) is 23.9. The number of imidazole rings is 4. The van der Waals surface area contributed by atoms with Gasteiger partial charge in [-0.2, -0.15) is 38.0 Å². The summed E-state index contributed by atoms with van der Waals surface area (Å²) in [7, 11) is 3.96. The van der Waals surface area contributed by atoms with E-state index in [1.165, 1.54) is 24.3 Å². The van der Waals surface area contributed by atoms with E-state index in [9.17, 15) is 27.2 Å². The molecule has 24 aromatic heterocycles. The zero-order valence-corrected chi connectivity index (χ0v) is 78.4. The number of aromatic amines is 8. The Labute approximate surface area is 805 Å². The summed E-state index contributed by atoms with van der Waals surface area (Å²) < 4.78 is 54.5. The standard InChI is InChI=1S/C26H21FN8OS.C25H19FN8OS.C24H19FN8S.C23H17FN8S/c1-26(2,3)25(36)31-15-6-13(8-28-10-15)14-7-16-22(34-35-23(16)30-9-14)24-32-18-12-29-11-17(21(18)33-24)19-4-5-20(27)37-19;1-12(2)25(35)30-15-5-13(7-27-9-15)14-6-16-22(33-34-23(16)29-8-14)24-31-18-11-28-10-17(21(18)32-24)19-3-4-20(26)36-19;1-2-26-7-13-5-14(9-27-8-13)15-6-16-22(32-33-23(16)29-10-15)24-30-18-12-28-11-17(21(18)31-24)19-3-4-20(25)34-19;1-32(2)14-5-12(7-25-9-14)13-6-15-21(30-31-22(15)27-8-13)23-28-17-11-26-10-16(20(17)29-23)18-3-4-19(24)33-18/h4-12H,1-3H3,(H,31,36)(H,32,33)(H,30,34,35);3-12H,1-2H3,(H,30,35)(H,31,32)(H,29,33,34);3-6,8-12,26H,2,7H2,1H3,(H,30,31)(H,29,32,33);3-11H,1-2H3,(H,28,29)(H,27,30,31). The van der Waals surface area contributed by atoms with Gasteiger partial charge in [-0.05, 0) is 109 Å². The number of thiophene rings is 4. The van der Waals surface area contributed by atoms with Crippen LogP contribution in [0.5, 0.6) is 0 Å². The number of H-pyrrole nitrogens is 8. The molecule has 0 aliphatic rings. The molecule has 24 aromatic rings. The summed E-state index contributed by atoms with van der Waals surface area (Å²) in [5.41, 5.74) is 23.6. The molecular formula is C98H76F4N32O2S4. The summed E-state index contributed by atoms with van der Waals surface area (Å²) >= 11 is 4.23. The molecule has 0 aliphatic heterocycles. The molecule has 0 saturated heterocycles. The van der Waals surface area contributed by atoms with Crippen LogP contribution in [0.15, 0.2) is 221 Å². The molecule has 24 heterocycles. The summed E-state index contributed by atoms with van der Waals surface area (Å²) in [5.74, 6) is 2.03. The number of nitrogens with zero attached hydrogens (tertiary/aromatic N) is 21. The van der Waals surface area contributed by atoms with Crippen LogP contribution in [0.4, 0.5) is 34.6 Å². The van der Waals surface area contributed by atoms with Crippen LogP contribution in [0.3, 0.4) is 0 Å². The minimum Gasteiger partial charge on any atom is -0.376 e. The number of hydrogen-bond donors (Lipinski definition) is 11. The highest BCUT2D eigenvalue weighted by molar-refractivity contribution is 7.15. The van der Waals surface area contributed by atoms with E-state index in [0.29, 0.717) is 79.7 Å². The fourth-order valence-corrected chi connectivity index (χ4v) is 18.5. The number of amides is 2. The highest BCUT2D eigenvalue weighted by atomic mass is 32.1. The minimum absolute atomic E-state index is 0.0799. The van der Waals surface area contributed by atoms with Crippen LogP contribution < -0.4 is 20.9 Å². The molecule has 11 N–H and O–H groups in total. The van der Waals surface area contributed by atoms with Gasteiger partial charge in [-0.1, -0.05) is 41.5 Å². The van der Waals surface area contributed by atoms with E-state index in [-0.39, 0.29) is 38.3 Å². The average Bonchev–Trinajstić information content (AvgIpc) is 1.62. The SMILES string of the molecule is CC(C)(C)C(=O)Nc1cncc(-c2cnc3n[nH]c(-c4nc5c(-c6ccc(F)s6)cncc5[nH]4)c3c2)c1.CC(C)C(=O)Nc1cncc(-c2cnc3n[nH]c(-c4nc5c(-c6ccc(F)s6)cncc5[nH]4)c3c2)c1.CCNCc1cncc(-c2cnc3n[nH]c(-c4nc5c(-c6ccc(F)s6)cncc5[nH]4)c3c2)c1.CN(C)c1cncc(-c2cnc3n[nH]c(-c4nc5c(-c6ccc(F)s6)cncc5[nH]4)c3c2)c1. The number of carbonyl (C=O) groups excluding carboxylic acids is 2. The van der Waals surface area contributed by atoms with Crippen molar-refractivity contribution in [1.29, 1.82) is 0 Å². The van der Waals surface area contributed by atoms with Gasteiger partial charge in [-0.3, -0.25) is 69.9 Å². The zero-order chi connectivity index (χ0) is 96.1. The quantitative estimate of drug-likeness (QED) is 0.0335. The van der Waals surface area contributed by atoms with Crippen LogP contribution >= 0.6 is 45.3 Å². The molecule has 0 radical (unpaired) electrons. The summed E-state index contributed by atoms with van der Waals surface area (Å²) in [6.45, 7) is 13.0. The average molecular weight is 1940 g/mol. The van der Waals surface area contributed by atoms with E-state index in [4.69, 9.17) is 19.9 Å². The predicted octanol–water partition coefficient (Wildman–Crippen LogP) is 21.1. The molecule has 24 rings (SSSR count). The van der Waals surface area contributed by atoms with Crippen molar-refractivity contribution in [2.24, 2.45) is 11.3 Å². The number of rotatable bonds is 19. The molecule has 0 aliphatic carbocycles. The van der Waals surface area contributed by atoms with Gasteiger partial charge >= 0.3 is 0 Å². The summed E-state index contributed by atoms with van der Waals surface area (Å²) in [6, 6.07) is 28.5. The lowest BCUT2D eigenvalue weighted by Gasteiger charge is -2.17. The maximum atomic E-state index is 13.7. The number of halogens is 4. The maximum Gasteiger partial charge on any atom is 0.229 e. The van der Waals surface area contributed by atoms with Crippen molar-refractivity contribution in [3.05, 3.63) is 247 Å². The molecule has 42 heteroatoms. The normalized spacial score (nSPS) is 11.6. The van der Waals surface area contributed by atoms with Crippen molar-refractivity contribution in [2.75, 3.05) is 36.2 Å². The fourth-order valence-electron chi connectivity index (χ4n) is 15.5. The number of carbonyl (C=O) groups is 2. The van der Waals surface area contributed by atoms with Crippen LogP contribution in [0.25, 0.3) is 221 Å². The van der Waals surface area contributed by atoms with Gasteiger partial charge in [0.25, 0.3) is 0 Å². The van der Waals surface area contributed by atoms with Crippen LogP contribution in [0, 0.1) is 31.9 Å². The van der Waals surface area contributed by atoms with E-state index in [2.05, 4.69) is 156 Å². The molecule has 0 saturated carbocycles. The first kappa shape index (κ1) is 89.3. The van der Waals surface area contributed by atoms with Crippen LogP contribution in [0.2, 0.25) is 0 Å². The number of anilines is 3. The van der Waals surface area contributed by atoms with Crippen molar-refractivity contribution in [3.8, 4) is 132 Å². The fraction of sp³-hybridized carbons (Fsp3) is 0.122. The highest BCUT2D eigenvalue weighted by Gasteiger charge is 2.27. The van der Waals surface area contributed by atoms with Gasteiger partial charge in [0.15, 0.2) is 66.4 Å². The van der Waals surface area contributed by atoms with Gasteiger partial charge < -0.3 is 40.8 Å². The molecule has 0 bridgehead atoms. The first-order valence-electron chi connectivity index (χ1n) is 43.5. The van der Waals surface area contributed by atoms with Crippen molar-refractivity contribution < 1.29 is 27.2 Å². The van der Waals surface area contributed by atoms with Crippen molar-refractivity contribution in [2.45, 2.75) is 48.1 Å². The van der Waals surface area contributed by atoms with Gasteiger partial charge in [-0.25, -0.2) is 39.9 Å². The van der Waals surface area contributed by atoms with Crippen LogP contribution in [-0.2, 0) is 16.1 Å². The number of aromatic nitrogens is 28. The molecule has 0 aromatic carbocycles. The van der Waals surface area contributed by atoms with Gasteiger partial charge in [0.05, 0.1) is 104 Å². The summed E-state index contributed by atoms with van der Waals surface area (Å²) in [5, 5.41) is 40.8. The lowest BCUT2D eigenvalue weighted by Crippen LogP contribution is -2.27. The third-order valence-electron chi connectivity index (χ3n) is 22.7. The lowest BCUT2D eigenvalue weighted by atomic mass is 9.95. The van der Waals surface area contributed by atoms with E-state index in [1.54, 1.807) is 123 Å². The third kappa shape index (κ3) is 18.2. The first-order valence-corrected chi connectivity index (χ1v) is 46.8. The second-order valence-electron chi connectivity index (χ2n) is 33.8. The highest BCUT2D eigenvalue weighted by Crippen LogP contribution is 2.42. The van der Waals surface area contributed by atoms with Gasteiger partial charge in [0.1, 0.15) is 44.8 Å². The smallest absolute Gasteiger partial charge is 0.229 e. The maximum absolute atomic E-state index is 13.7. The topological polar surface area (TPSA) is 458 Å². The number of hydrogen-bond acceptors (Lipinski definition) is 28. The Balaban J connectivity index is 0.000000111. The molecular weight excluding hydrogens is 1860 g/mol. The number of fused-ring (bicyclic) bond motifs is 8. The van der Waals surface area contributed by atoms with Gasteiger partial charge in [0.2, 0.25) is 11.8 Å². The molecule has 0 spiro atoms. The van der Waals surface area contributed by atoms with Crippen LogP contribution in [-0.4, -0.2) is 173 Å². The lowest BCUT2D eigenvalue weighted by molar-refractivity contribution is -0.123. The molecule has 692 valence electrons. The van der Waals surface area contributed by atoms with Gasteiger partial charge in [0, 0.05) is 199 Å². The molecule has 0 unspecified atom stereocenters. The number of pyridine rings is 12. The molecule has 2 amide bonds. The van der Waals surface area contributed by atoms with Crippen molar-refractivity contribution >= 4 is 162 Å². The summed E-state index contributed by atoms with van der Waals surface area (Å²) in [6.07, 6.45) is 34.6. The van der Waals surface area contributed by atoms with E-state index in [0.717, 1.165) is 222 Å². The van der Waals surface area contributed by atoms with Crippen molar-refractivity contribution in [1.82, 2.24) is 146 Å². The summed E-state index contributed by atoms with van der Waals surface area (Å²) in [4.78, 5) is 114. The number of nitrogens with one attached hydrogen (secondary N) is 11. The Hall–Kier alpha value is -17.2. The molecule has 34 nitrogen and oxygen atoms in total. The van der Waals surface area contributed by atoms with E-state index >= 15 is 0 Å². The Bertz CT molecular complexity index is 8830. The van der Waals surface area contributed by atoms with E-state index < -0.39 is 5.41 Å². The van der Waals surface area contributed by atoms with Gasteiger partial charge in [-0.15, -0.1) is 45.3 Å². The third-order valence-corrected chi connectivity index (χ3v) is 26.3. The van der Waals surface area contributed by atoms with Crippen LogP contribution in [0.1, 0.15) is 47.1 Å². The van der Waals surface area contributed by atoms with Crippen molar-refractivity contribution in [3.63, 3.8) is 0 Å². The Morgan fingerprint density at radius 2 is 0.679 bits per heavy atom. The molecule has 140 heavy (non-hydrogen) atoms. The monoisotopic (exact) mass is 1940 g/mol.